The van der Waals surface area contributed by atoms with Crippen molar-refractivity contribution in [3.63, 3.8) is 0 Å². The molecule has 0 saturated carbocycles. The summed E-state index contributed by atoms with van der Waals surface area (Å²) in [6, 6.07) is 0. The van der Waals surface area contributed by atoms with Crippen molar-refractivity contribution in [2.24, 2.45) is 11.7 Å². The maximum atomic E-state index is 8.65. The SMILES string of the molecule is NCCCC(CCO)CCO. The van der Waals surface area contributed by atoms with Crippen LogP contribution < -0.4 is 5.73 Å². The molecule has 0 heterocycles. The van der Waals surface area contributed by atoms with Crippen molar-refractivity contribution in [1.82, 2.24) is 0 Å². The number of aliphatic hydroxyl groups is 2. The monoisotopic (exact) mass is 161 g/mol. The minimum absolute atomic E-state index is 0.217. The van der Waals surface area contributed by atoms with Crippen LogP contribution in [0.15, 0.2) is 0 Å². The molecular formula is C8H19NO2. The molecule has 0 saturated heterocycles. The van der Waals surface area contributed by atoms with E-state index in [9.17, 15) is 0 Å². The summed E-state index contributed by atoms with van der Waals surface area (Å²) in [7, 11) is 0. The quantitative estimate of drug-likeness (QED) is 0.496. The minimum atomic E-state index is 0.217. The van der Waals surface area contributed by atoms with Gasteiger partial charge in [-0.1, -0.05) is 0 Å². The molecular weight excluding hydrogens is 142 g/mol. The van der Waals surface area contributed by atoms with Crippen molar-refractivity contribution in [3.05, 3.63) is 0 Å². The number of hydrogen-bond acceptors (Lipinski definition) is 3. The van der Waals surface area contributed by atoms with Gasteiger partial charge < -0.3 is 15.9 Å². The molecule has 68 valence electrons. The van der Waals surface area contributed by atoms with Crippen LogP contribution in [0.5, 0.6) is 0 Å². The first-order valence-electron chi connectivity index (χ1n) is 4.27. The molecule has 11 heavy (non-hydrogen) atoms. The Morgan fingerprint density at radius 3 is 1.91 bits per heavy atom. The van der Waals surface area contributed by atoms with Crippen molar-refractivity contribution in [3.8, 4) is 0 Å². The molecule has 0 bridgehead atoms. The number of hydrogen-bond donors (Lipinski definition) is 3. The van der Waals surface area contributed by atoms with Gasteiger partial charge in [0.15, 0.2) is 0 Å². The fourth-order valence-electron chi connectivity index (χ4n) is 1.20. The number of rotatable bonds is 7. The second-order valence-electron chi connectivity index (χ2n) is 2.82. The third-order valence-corrected chi connectivity index (χ3v) is 1.89. The molecule has 3 nitrogen and oxygen atoms in total. The van der Waals surface area contributed by atoms with E-state index in [0.29, 0.717) is 12.5 Å². The van der Waals surface area contributed by atoms with Crippen molar-refractivity contribution in [2.45, 2.75) is 25.7 Å². The van der Waals surface area contributed by atoms with E-state index < -0.39 is 0 Å². The molecule has 3 heteroatoms. The molecule has 0 aliphatic carbocycles. The Morgan fingerprint density at radius 1 is 1.00 bits per heavy atom. The predicted octanol–water partition coefficient (Wildman–Crippen LogP) is 0.106. The summed E-state index contributed by atoms with van der Waals surface area (Å²) < 4.78 is 0. The molecule has 0 unspecified atom stereocenters. The van der Waals surface area contributed by atoms with Crippen LogP contribution in [0.2, 0.25) is 0 Å². The van der Waals surface area contributed by atoms with E-state index in [2.05, 4.69) is 0 Å². The zero-order chi connectivity index (χ0) is 8.53. The molecule has 0 amide bonds. The molecule has 0 aliphatic heterocycles. The van der Waals surface area contributed by atoms with Crippen molar-refractivity contribution < 1.29 is 10.2 Å². The molecule has 0 atom stereocenters. The van der Waals surface area contributed by atoms with Gasteiger partial charge in [0.05, 0.1) is 0 Å². The normalized spacial score (nSPS) is 10.9. The first kappa shape index (κ1) is 10.9. The number of nitrogens with two attached hydrogens (primary N) is 1. The molecule has 0 rings (SSSR count). The van der Waals surface area contributed by atoms with Crippen LogP contribution >= 0.6 is 0 Å². The molecule has 0 aromatic carbocycles. The Bertz CT molecular complexity index is 72.5. The lowest BCUT2D eigenvalue weighted by Crippen LogP contribution is -2.08. The molecule has 0 aromatic rings. The summed E-state index contributed by atoms with van der Waals surface area (Å²) in [6.45, 7) is 1.14. The van der Waals surface area contributed by atoms with Gasteiger partial charge in [0.2, 0.25) is 0 Å². The Labute approximate surface area is 68.2 Å². The smallest absolute Gasteiger partial charge is 0.0433 e. The van der Waals surface area contributed by atoms with Gasteiger partial charge in [-0.2, -0.15) is 0 Å². The number of aliphatic hydroxyl groups excluding tert-OH is 2. The fraction of sp³-hybridized carbons (Fsp3) is 1.00. The van der Waals surface area contributed by atoms with E-state index in [1.807, 2.05) is 0 Å². The molecule has 4 N–H and O–H groups in total. The van der Waals surface area contributed by atoms with Gasteiger partial charge in [0, 0.05) is 13.2 Å². The lowest BCUT2D eigenvalue weighted by atomic mass is 9.97. The van der Waals surface area contributed by atoms with Gasteiger partial charge in [-0.05, 0) is 38.1 Å². The Kier molecular flexibility index (Phi) is 7.89. The van der Waals surface area contributed by atoms with Crippen LogP contribution in [0.4, 0.5) is 0 Å². The largest absolute Gasteiger partial charge is 0.396 e. The Balaban J connectivity index is 3.34. The second-order valence-corrected chi connectivity index (χ2v) is 2.82. The summed E-state index contributed by atoms with van der Waals surface area (Å²) in [4.78, 5) is 0. The maximum absolute atomic E-state index is 8.65. The minimum Gasteiger partial charge on any atom is -0.396 e. The van der Waals surface area contributed by atoms with E-state index in [-0.39, 0.29) is 13.2 Å². The molecule has 0 radical (unpaired) electrons. The fourth-order valence-corrected chi connectivity index (χ4v) is 1.20. The lowest BCUT2D eigenvalue weighted by Gasteiger charge is -2.12. The van der Waals surface area contributed by atoms with Crippen LogP contribution in [0.3, 0.4) is 0 Å². The zero-order valence-corrected chi connectivity index (χ0v) is 7.00. The first-order chi connectivity index (χ1) is 5.35. The first-order valence-corrected chi connectivity index (χ1v) is 4.27. The van der Waals surface area contributed by atoms with Gasteiger partial charge in [0.1, 0.15) is 0 Å². The summed E-state index contributed by atoms with van der Waals surface area (Å²) in [5.41, 5.74) is 5.34. The van der Waals surface area contributed by atoms with Gasteiger partial charge in [0.25, 0.3) is 0 Å². The van der Waals surface area contributed by atoms with E-state index in [1.54, 1.807) is 0 Å². The predicted molar refractivity (Wildman–Crippen MR) is 45.2 cm³/mol. The van der Waals surface area contributed by atoms with Crippen LogP contribution in [0.1, 0.15) is 25.7 Å². The van der Waals surface area contributed by atoms with Gasteiger partial charge >= 0.3 is 0 Å². The van der Waals surface area contributed by atoms with Crippen LogP contribution in [-0.4, -0.2) is 30.0 Å². The van der Waals surface area contributed by atoms with Gasteiger partial charge in [-0.15, -0.1) is 0 Å². The highest BCUT2D eigenvalue weighted by Crippen LogP contribution is 2.13. The van der Waals surface area contributed by atoms with Gasteiger partial charge in [-0.3, -0.25) is 0 Å². The van der Waals surface area contributed by atoms with Crippen molar-refractivity contribution in [1.29, 1.82) is 0 Å². The van der Waals surface area contributed by atoms with E-state index in [4.69, 9.17) is 15.9 Å². The Hall–Kier alpha value is -0.120. The average molecular weight is 161 g/mol. The van der Waals surface area contributed by atoms with Gasteiger partial charge in [-0.25, -0.2) is 0 Å². The van der Waals surface area contributed by atoms with E-state index in [0.717, 1.165) is 25.7 Å². The standard InChI is InChI=1S/C8H19NO2/c9-5-1-2-8(3-6-10)4-7-11/h8,10-11H,1-7,9H2. The summed E-state index contributed by atoms with van der Waals surface area (Å²) >= 11 is 0. The van der Waals surface area contributed by atoms with Crippen LogP contribution in [0.25, 0.3) is 0 Å². The molecule has 0 spiro atoms. The van der Waals surface area contributed by atoms with E-state index in [1.165, 1.54) is 0 Å². The van der Waals surface area contributed by atoms with Crippen molar-refractivity contribution >= 4 is 0 Å². The average Bonchev–Trinajstić information content (AvgIpc) is 2.01. The third kappa shape index (κ3) is 6.28. The summed E-state index contributed by atoms with van der Waals surface area (Å²) in [5.74, 6) is 0.452. The third-order valence-electron chi connectivity index (χ3n) is 1.89. The molecule has 0 fully saturated rings. The highest BCUT2D eigenvalue weighted by Gasteiger charge is 2.05. The molecule has 0 aromatic heterocycles. The topological polar surface area (TPSA) is 66.5 Å². The molecule has 0 aliphatic rings. The van der Waals surface area contributed by atoms with Crippen LogP contribution in [0, 0.1) is 5.92 Å². The summed E-state index contributed by atoms with van der Waals surface area (Å²) in [5, 5.41) is 17.3. The Morgan fingerprint density at radius 2 is 1.55 bits per heavy atom. The lowest BCUT2D eigenvalue weighted by molar-refractivity contribution is 0.209. The highest BCUT2D eigenvalue weighted by molar-refractivity contribution is 4.58. The second kappa shape index (κ2) is 7.98. The van der Waals surface area contributed by atoms with Crippen molar-refractivity contribution in [2.75, 3.05) is 19.8 Å². The zero-order valence-electron chi connectivity index (χ0n) is 7.00. The van der Waals surface area contributed by atoms with E-state index >= 15 is 0 Å². The maximum Gasteiger partial charge on any atom is 0.0433 e. The highest BCUT2D eigenvalue weighted by atomic mass is 16.3. The summed E-state index contributed by atoms with van der Waals surface area (Å²) in [6.07, 6.45) is 3.60. The van der Waals surface area contributed by atoms with Crippen LogP contribution in [-0.2, 0) is 0 Å².